The number of likely N-dealkylation sites (N-methyl/N-ethyl adjacent to an activating group) is 1. The molecule has 0 aliphatic rings. The third kappa shape index (κ3) is 3.78. The van der Waals surface area contributed by atoms with E-state index < -0.39 is 5.97 Å². The number of hydrogen-bond acceptors (Lipinski definition) is 2. The van der Waals surface area contributed by atoms with Crippen LogP contribution >= 0.6 is 0 Å². The van der Waals surface area contributed by atoms with E-state index in [0.717, 1.165) is 6.42 Å². The van der Waals surface area contributed by atoms with Gasteiger partial charge in [0.1, 0.15) is 0 Å². The van der Waals surface area contributed by atoms with Crippen molar-refractivity contribution in [2.24, 2.45) is 0 Å². The van der Waals surface area contributed by atoms with Crippen LogP contribution in [0.15, 0.2) is 11.6 Å². The van der Waals surface area contributed by atoms with Crippen LogP contribution in [0.3, 0.4) is 0 Å². The molecule has 0 aliphatic heterocycles. The van der Waals surface area contributed by atoms with Crippen molar-refractivity contribution < 1.29 is 9.90 Å². The van der Waals surface area contributed by atoms with Crippen LogP contribution in [0.25, 0.3) is 0 Å². The van der Waals surface area contributed by atoms with Gasteiger partial charge in [0.2, 0.25) is 0 Å². The Morgan fingerprint density at radius 2 is 2.27 bits per heavy atom. The summed E-state index contributed by atoms with van der Waals surface area (Å²) < 4.78 is 0. The van der Waals surface area contributed by atoms with Gasteiger partial charge in [-0.2, -0.15) is 0 Å². The summed E-state index contributed by atoms with van der Waals surface area (Å²) in [6.45, 7) is 3.61. The maximum atomic E-state index is 10.4. The Balaban J connectivity index is 4.14. The fourth-order valence-corrected chi connectivity index (χ4v) is 0.778. The average Bonchev–Trinajstić information content (AvgIpc) is 1.99. The van der Waals surface area contributed by atoms with Crippen molar-refractivity contribution in [3.8, 4) is 0 Å². The van der Waals surface area contributed by atoms with Gasteiger partial charge in [0, 0.05) is 11.6 Å². The van der Waals surface area contributed by atoms with E-state index in [2.05, 4.69) is 5.32 Å². The number of carboxylic acids is 1. The van der Waals surface area contributed by atoms with E-state index in [0.29, 0.717) is 5.57 Å². The van der Waals surface area contributed by atoms with Gasteiger partial charge in [0.05, 0.1) is 0 Å². The van der Waals surface area contributed by atoms with Crippen LogP contribution in [-0.2, 0) is 4.79 Å². The lowest BCUT2D eigenvalue weighted by Crippen LogP contribution is -2.22. The van der Waals surface area contributed by atoms with E-state index in [1.807, 2.05) is 14.0 Å². The Labute approximate surface area is 67.1 Å². The number of hydrogen-bond donors (Lipinski definition) is 2. The van der Waals surface area contributed by atoms with Crippen molar-refractivity contribution in [2.75, 3.05) is 7.05 Å². The largest absolute Gasteiger partial charge is 0.478 e. The van der Waals surface area contributed by atoms with Gasteiger partial charge in [-0.25, -0.2) is 4.79 Å². The first-order valence-corrected chi connectivity index (χ1v) is 3.70. The summed E-state index contributed by atoms with van der Waals surface area (Å²) in [5, 5.41) is 11.5. The lowest BCUT2D eigenvalue weighted by molar-refractivity contribution is -0.132. The zero-order valence-corrected chi connectivity index (χ0v) is 7.22. The number of nitrogens with one attached hydrogen (secondary N) is 1. The molecule has 0 spiro atoms. The molecule has 0 bridgehead atoms. The molecule has 3 nitrogen and oxygen atoms in total. The van der Waals surface area contributed by atoms with E-state index in [-0.39, 0.29) is 6.04 Å². The molecule has 0 heterocycles. The Kier molecular flexibility index (Phi) is 4.54. The number of carboxylic acid groups (broad SMARTS) is 1. The van der Waals surface area contributed by atoms with Crippen molar-refractivity contribution in [1.29, 1.82) is 0 Å². The Bertz CT molecular complexity index is 159. The normalized spacial score (nSPS) is 14.6. The van der Waals surface area contributed by atoms with Crippen LogP contribution in [-0.4, -0.2) is 24.2 Å². The molecule has 0 aromatic rings. The van der Waals surface area contributed by atoms with Crippen LogP contribution in [0.1, 0.15) is 20.3 Å². The predicted octanol–water partition coefficient (Wildman–Crippen LogP) is 1.02. The molecule has 0 saturated carbocycles. The molecule has 3 heteroatoms. The molecule has 2 N–H and O–H groups in total. The highest BCUT2D eigenvalue weighted by atomic mass is 16.4. The quantitative estimate of drug-likeness (QED) is 0.599. The molecule has 1 atom stereocenters. The SMILES string of the molecule is CCC(C=C(C)C(=O)O)NC. The minimum absolute atomic E-state index is 0.172. The molecule has 0 aliphatic carbocycles. The van der Waals surface area contributed by atoms with Crippen LogP contribution in [0, 0.1) is 0 Å². The number of carbonyl (C=O) groups is 1. The van der Waals surface area contributed by atoms with Gasteiger partial charge in [0.25, 0.3) is 0 Å². The molecule has 0 rings (SSSR count). The third-order valence-corrected chi connectivity index (χ3v) is 1.60. The molecule has 0 fully saturated rings. The number of rotatable bonds is 4. The topological polar surface area (TPSA) is 49.3 Å². The highest BCUT2D eigenvalue weighted by molar-refractivity contribution is 5.85. The summed E-state index contributed by atoms with van der Waals surface area (Å²) in [6.07, 6.45) is 2.63. The predicted molar refractivity (Wildman–Crippen MR) is 44.5 cm³/mol. The van der Waals surface area contributed by atoms with E-state index >= 15 is 0 Å². The van der Waals surface area contributed by atoms with Gasteiger partial charge in [-0.3, -0.25) is 0 Å². The molecule has 64 valence electrons. The molecule has 0 radical (unpaired) electrons. The molecule has 0 aromatic carbocycles. The summed E-state index contributed by atoms with van der Waals surface area (Å²) in [6, 6.07) is 0.172. The van der Waals surface area contributed by atoms with Crippen LogP contribution in [0.5, 0.6) is 0 Å². The number of aliphatic carboxylic acids is 1. The van der Waals surface area contributed by atoms with Crippen molar-refractivity contribution in [3.05, 3.63) is 11.6 Å². The van der Waals surface area contributed by atoms with Crippen molar-refractivity contribution in [1.82, 2.24) is 5.32 Å². The highest BCUT2D eigenvalue weighted by Gasteiger charge is 2.03. The maximum absolute atomic E-state index is 10.4. The Morgan fingerprint density at radius 1 is 1.73 bits per heavy atom. The van der Waals surface area contributed by atoms with Crippen LogP contribution in [0.4, 0.5) is 0 Å². The summed E-state index contributed by atoms with van der Waals surface area (Å²) in [5.41, 5.74) is 0.395. The molecule has 0 aromatic heterocycles. The lowest BCUT2D eigenvalue weighted by atomic mass is 10.1. The van der Waals surface area contributed by atoms with Crippen molar-refractivity contribution in [2.45, 2.75) is 26.3 Å². The summed E-state index contributed by atoms with van der Waals surface area (Å²) in [5.74, 6) is -0.848. The summed E-state index contributed by atoms with van der Waals surface area (Å²) in [7, 11) is 1.82. The summed E-state index contributed by atoms with van der Waals surface area (Å²) >= 11 is 0. The second-order valence-electron chi connectivity index (χ2n) is 2.46. The maximum Gasteiger partial charge on any atom is 0.331 e. The minimum Gasteiger partial charge on any atom is -0.478 e. The first-order valence-electron chi connectivity index (χ1n) is 3.70. The van der Waals surface area contributed by atoms with Crippen molar-refractivity contribution >= 4 is 5.97 Å². The van der Waals surface area contributed by atoms with Gasteiger partial charge in [-0.15, -0.1) is 0 Å². The molecule has 11 heavy (non-hydrogen) atoms. The van der Waals surface area contributed by atoms with Gasteiger partial charge in [-0.05, 0) is 20.4 Å². The first kappa shape index (κ1) is 10.2. The molecular weight excluding hydrogens is 142 g/mol. The standard InChI is InChI=1S/C8H15NO2/c1-4-7(9-3)5-6(2)8(10)11/h5,7,9H,4H2,1-3H3,(H,10,11). The average molecular weight is 157 g/mol. The second kappa shape index (κ2) is 4.91. The van der Waals surface area contributed by atoms with Crippen molar-refractivity contribution in [3.63, 3.8) is 0 Å². The third-order valence-electron chi connectivity index (χ3n) is 1.60. The Hall–Kier alpha value is -0.830. The van der Waals surface area contributed by atoms with Gasteiger partial charge >= 0.3 is 5.97 Å². The van der Waals surface area contributed by atoms with E-state index in [1.165, 1.54) is 0 Å². The van der Waals surface area contributed by atoms with Gasteiger partial charge in [0.15, 0.2) is 0 Å². The first-order chi connectivity index (χ1) is 5.11. The highest BCUT2D eigenvalue weighted by Crippen LogP contribution is 1.98. The van der Waals surface area contributed by atoms with E-state index in [1.54, 1.807) is 13.0 Å². The van der Waals surface area contributed by atoms with E-state index in [4.69, 9.17) is 5.11 Å². The van der Waals surface area contributed by atoms with E-state index in [9.17, 15) is 4.79 Å². The van der Waals surface area contributed by atoms with Crippen LogP contribution < -0.4 is 5.32 Å². The lowest BCUT2D eigenvalue weighted by Gasteiger charge is -2.07. The second-order valence-corrected chi connectivity index (χ2v) is 2.46. The van der Waals surface area contributed by atoms with Crippen LogP contribution in [0.2, 0.25) is 0 Å². The fraction of sp³-hybridized carbons (Fsp3) is 0.625. The Morgan fingerprint density at radius 3 is 2.55 bits per heavy atom. The molecule has 0 amide bonds. The van der Waals surface area contributed by atoms with Gasteiger partial charge in [-0.1, -0.05) is 13.0 Å². The zero-order valence-electron chi connectivity index (χ0n) is 7.22. The fourth-order valence-electron chi connectivity index (χ4n) is 0.778. The molecule has 0 saturated heterocycles. The molecule has 1 unspecified atom stereocenters. The summed E-state index contributed by atoms with van der Waals surface area (Å²) in [4.78, 5) is 10.4. The minimum atomic E-state index is -0.848. The molecular formula is C8H15NO2. The monoisotopic (exact) mass is 157 g/mol. The smallest absolute Gasteiger partial charge is 0.331 e. The zero-order chi connectivity index (χ0) is 8.85. The van der Waals surface area contributed by atoms with Gasteiger partial charge < -0.3 is 10.4 Å².